The molecular weight excluding hydrogens is 461 g/mol. The highest BCUT2D eigenvalue weighted by atomic mass is 35.5. The van der Waals surface area contributed by atoms with Crippen LogP contribution in [-0.4, -0.2) is 16.8 Å². The van der Waals surface area contributed by atoms with E-state index in [0.717, 1.165) is 17.5 Å². The second-order valence-corrected chi connectivity index (χ2v) is 8.44. The maximum absolute atomic E-state index is 12.6. The Morgan fingerprint density at radius 2 is 1.80 bits per heavy atom. The van der Waals surface area contributed by atoms with Crippen molar-refractivity contribution in [3.8, 4) is 17.1 Å². The van der Waals surface area contributed by atoms with Crippen LogP contribution in [0.2, 0.25) is 10.0 Å². The maximum Gasteiger partial charge on any atom is 0.296 e. The number of rotatable bonds is 5. The molecule has 3 aromatic rings. The lowest BCUT2D eigenvalue weighted by atomic mass is 10.2. The van der Waals surface area contributed by atoms with Crippen molar-refractivity contribution in [2.75, 3.05) is 11.5 Å². The minimum Gasteiger partial charge on any atom is -0.494 e. The molecular formula is C22H15Cl2NO3S2. The SMILES string of the molecule is CCOc1ccc(N2C(=O)SC(=Cc3ccc(-c4c(Cl)cccc4Cl)o3)C2=S)cc1. The molecule has 0 atom stereocenters. The highest BCUT2D eigenvalue weighted by molar-refractivity contribution is 8.20. The number of nitrogens with zero attached hydrogens (tertiary/aromatic N) is 1. The molecule has 0 bridgehead atoms. The summed E-state index contributed by atoms with van der Waals surface area (Å²) in [6.07, 6.45) is 1.74. The van der Waals surface area contributed by atoms with Gasteiger partial charge in [0.15, 0.2) is 0 Å². The highest BCUT2D eigenvalue weighted by Gasteiger charge is 2.33. The number of halogens is 2. The van der Waals surface area contributed by atoms with Gasteiger partial charge in [-0.1, -0.05) is 41.5 Å². The van der Waals surface area contributed by atoms with Crippen molar-refractivity contribution in [2.24, 2.45) is 0 Å². The fraction of sp³-hybridized carbons (Fsp3) is 0.0909. The fourth-order valence-corrected chi connectivity index (χ4v) is 4.82. The lowest BCUT2D eigenvalue weighted by molar-refractivity contribution is 0.268. The first-order chi connectivity index (χ1) is 14.5. The standard InChI is InChI=1S/C22H15Cl2NO3S2/c1-2-27-14-8-6-13(7-9-14)25-21(29)19(30-22(25)26)12-15-10-11-18(28-15)20-16(23)4-3-5-17(20)24/h3-12H,2H2,1H3. The smallest absolute Gasteiger partial charge is 0.296 e. The number of benzene rings is 2. The van der Waals surface area contributed by atoms with Crippen LogP contribution in [0.25, 0.3) is 17.4 Å². The van der Waals surface area contributed by atoms with Crippen molar-refractivity contribution in [2.45, 2.75) is 6.92 Å². The van der Waals surface area contributed by atoms with E-state index < -0.39 is 0 Å². The van der Waals surface area contributed by atoms with E-state index in [4.69, 9.17) is 44.6 Å². The van der Waals surface area contributed by atoms with Crippen molar-refractivity contribution in [3.05, 3.63) is 75.3 Å². The zero-order valence-corrected chi connectivity index (χ0v) is 18.9. The summed E-state index contributed by atoms with van der Waals surface area (Å²) in [4.78, 5) is 15.1. The first-order valence-electron chi connectivity index (χ1n) is 9.03. The number of hydrogen-bond donors (Lipinski definition) is 0. The molecule has 1 fully saturated rings. The highest BCUT2D eigenvalue weighted by Crippen LogP contribution is 2.39. The van der Waals surface area contributed by atoms with E-state index in [0.29, 0.717) is 49.3 Å². The number of amides is 1. The van der Waals surface area contributed by atoms with Crippen LogP contribution in [0, 0.1) is 0 Å². The molecule has 0 spiro atoms. The van der Waals surface area contributed by atoms with Crippen LogP contribution in [0.1, 0.15) is 12.7 Å². The molecule has 2 heterocycles. The van der Waals surface area contributed by atoms with Crippen LogP contribution in [0.15, 0.2) is 63.9 Å². The third-order valence-corrected chi connectivity index (χ3v) is 6.36. The summed E-state index contributed by atoms with van der Waals surface area (Å²) in [6, 6.07) is 16.1. The Morgan fingerprint density at radius 1 is 1.10 bits per heavy atom. The molecule has 0 unspecified atom stereocenters. The largest absolute Gasteiger partial charge is 0.494 e. The Kier molecular flexibility index (Phi) is 6.20. The Bertz CT molecular complexity index is 1140. The summed E-state index contributed by atoms with van der Waals surface area (Å²) >= 11 is 19.1. The third-order valence-electron chi connectivity index (χ3n) is 4.31. The van der Waals surface area contributed by atoms with Crippen molar-refractivity contribution in [1.29, 1.82) is 0 Å². The van der Waals surface area contributed by atoms with Gasteiger partial charge in [-0.2, -0.15) is 0 Å². The predicted molar refractivity (Wildman–Crippen MR) is 128 cm³/mol. The van der Waals surface area contributed by atoms with E-state index in [9.17, 15) is 4.79 Å². The molecule has 1 aliphatic heterocycles. The minimum absolute atomic E-state index is 0.170. The van der Waals surface area contributed by atoms with Crippen LogP contribution in [-0.2, 0) is 0 Å². The molecule has 0 radical (unpaired) electrons. The van der Waals surface area contributed by atoms with Crippen molar-refractivity contribution in [3.63, 3.8) is 0 Å². The lowest BCUT2D eigenvalue weighted by Gasteiger charge is -2.15. The summed E-state index contributed by atoms with van der Waals surface area (Å²) in [6.45, 7) is 2.49. The number of thioether (sulfide) groups is 1. The van der Waals surface area contributed by atoms with Crippen molar-refractivity contribution >= 4 is 69.2 Å². The molecule has 1 aromatic heterocycles. The van der Waals surface area contributed by atoms with Gasteiger partial charge in [0.2, 0.25) is 0 Å². The second kappa shape index (κ2) is 8.86. The van der Waals surface area contributed by atoms with Crippen LogP contribution < -0.4 is 9.64 Å². The fourth-order valence-electron chi connectivity index (χ4n) is 2.98. The van der Waals surface area contributed by atoms with Gasteiger partial charge >= 0.3 is 0 Å². The molecule has 0 aliphatic carbocycles. The molecule has 30 heavy (non-hydrogen) atoms. The molecule has 4 rings (SSSR count). The zero-order chi connectivity index (χ0) is 21.3. The van der Waals surface area contributed by atoms with Gasteiger partial charge < -0.3 is 9.15 Å². The van der Waals surface area contributed by atoms with Crippen molar-refractivity contribution < 1.29 is 13.9 Å². The molecule has 2 aromatic carbocycles. The lowest BCUT2D eigenvalue weighted by Crippen LogP contribution is -2.26. The van der Waals surface area contributed by atoms with E-state index in [1.165, 1.54) is 4.90 Å². The summed E-state index contributed by atoms with van der Waals surface area (Å²) in [5.41, 5.74) is 1.31. The summed E-state index contributed by atoms with van der Waals surface area (Å²) < 4.78 is 11.3. The Hall–Kier alpha value is -2.25. The normalized spacial score (nSPS) is 15.3. The van der Waals surface area contributed by atoms with Crippen molar-refractivity contribution in [1.82, 2.24) is 0 Å². The molecule has 8 heteroatoms. The van der Waals surface area contributed by atoms with Crippen LogP contribution in [0.5, 0.6) is 5.75 Å². The molecule has 4 nitrogen and oxygen atoms in total. The number of carbonyl (C=O) groups is 1. The average molecular weight is 476 g/mol. The van der Waals surface area contributed by atoms with E-state index in [-0.39, 0.29) is 5.24 Å². The number of anilines is 1. The van der Waals surface area contributed by atoms with Gasteiger partial charge in [-0.05, 0) is 73.3 Å². The van der Waals surface area contributed by atoms with Crippen LogP contribution in [0.3, 0.4) is 0 Å². The summed E-state index contributed by atoms with van der Waals surface area (Å²) in [5, 5.41) is 0.827. The maximum atomic E-state index is 12.6. The van der Waals surface area contributed by atoms with E-state index >= 15 is 0 Å². The van der Waals surface area contributed by atoms with E-state index in [2.05, 4.69) is 0 Å². The molecule has 1 aliphatic rings. The minimum atomic E-state index is -0.170. The Labute approximate surface area is 193 Å². The number of thiocarbonyl (C=S) groups is 1. The van der Waals surface area contributed by atoms with Crippen LogP contribution in [0.4, 0.5) is 10.5 Å². The Balaban J connectivity index is 1.59. The van der Waals surface area contributed by atoms with Gasteiger partial charge in [0.05, 0.1) is 32.8 Å². The monoisotopic (exact) mass is 475 g/mol. The van der Waals surface area contributed by atoms with Gasteiger partial charge in [-0.3, -0.25) is 9.69 Å². The topological polar surface area (TPSA) is 42.7 Å². The first kappa shape index (κ1) is 21.0. The number of hydrogen-bond acceptors (Lipinski definition) is 5. The number of carbonyl (C=O) groups excluding carboxylic acids is 1. The average Bonchev–Trinajstić information content (AvgIpc) is 3.27. The summed E-state index contributed by atoms with van der Waals surface area (Å²) in [7, 11) is 0. The Morgan fingerprint density at radius 3 is 2.47 bits per heavy atom. The predicted octanol–water partition coefficient (Wildman–Crippen LogP) is 7.69. The van der Waals surface area contributed by atoms with Gasteiger partial charge in [0, 0.05) is 0 Å². The third kappa shape index (κ3) is 4.14. The molecule has 1 amide bonds. The van der Waals surface area contributed by atoms with Gasteiger partial charge in [-0.25, -0.2) is 0 Å². The van der Waals surface area contributed by atoms with E-state index in [1.807, 2.05) is 31.2 Å². The molecule has 152 valence electrons. The van der Waals surface area contributed by atoms with E-state index in [1.54, 1.807) is 36.4 Å². The van der Waals surface area contributed by atoms with Crippen LogP contribution >= 0.6 is 47.2 Å². The number of ether oxygens (including phenoxy) is 1. The second-order valence-electron chi connectivity index (χ2n) is 6.24. The molecule has 0 saturated carbocycles. The molecule has 1 saturated heterocycles. The first-order valence-corrected chi connectivity index (χ1v) is 11.0. The summed E-state index contributed by atoms with van der Waals surface area (Å²) in [5.74, 6) is 1.83. The molecule has 0 N–H and O–H groups in total. The zero-order valence-electron chi connectivity index (χ0n) is 15.7. The number of furan rings is 1. The van der Waals surface area contributed by atoms with Gasteiger partial charge in [-0.15, -0.1) is 0 Å². The van der Waals surface area contributed by atoms with Gasteiger partial charge in [0.1, 0.15) is 22.3 Å². The quantitative estimate of drug-likeness (QED) is 0.279. The van der Waals surface area contributed by atoms with Gasteiger partial charge in [0.25, 0.3) is 5.24 Å².